The Hall–Kier alpha value is -2.64. The number of aromatic nitrogens is 2. The normalized spacial score (nSPS) is 18.8. The van der Waals surface area contributed by atoms with Gasteiger partial charge in [-0.25, -0.2) is 0 Å². The molecule has 8 heteroatoms. The first kappa shape index (κ1) is 21.1. The molecule has 0 radical (unpaired) electrons. The van der Waals surface area contributed by atoms with Crippen LogP contribution in [-0.4, -0.2) is 64.0 Å². The van der Waals surface area contributed by atoms with Crippen molar-refractivity contribution in [3.63, 3.8) is 0 Å². The van der Waals surface area contributed by atoms with Gasteiger partial charge in [0.25, 0.3) is 11.7 Å². The van der Waals surface area contributed by atoms with Gasteiger partial charge in [-0.3, -0.25) is 14.7 Å². The van der Waals surface area contributed by atoms with E-state index in [-0.39, 0.29) is 11.3 Å². The van der Waals surface area contributed by atoms with Crippen LogP contribution < -0.4 is 0 Å². The van der Waals surface area contributed by atoms with Crippen molar-refractivity contribution in [3.8, 4) is 0 Å². The molecule has 2 aromatic rings. The van der Waals surface area contributed by atoms with Crippen LogP contribution in [0.3, 0.4) is 0 Å². The summed E-state index contributed by atoms with van der Waals surface area (Å²) in [6.07, 6.45) is 0.702. The second kappa shape index (κ2) is 8.39. The molecule has 0 unspecified atom stereocenters. The number of rotatable bonds is 6. The van der Waals surface area contributed by atoms with Gasteiger partial charge in [0.15, 0.2) is 0 Å². The first-order valence-electron chi connectivity index (χ1n) is 9.43. The SMILES string of the molecule is Cc1n[nH]c(C)c1C(O)=C1C(=O)C(=O)N(CCCN(C)C)[C@@H]1c1ccc(Cl)cc1. The molecule has 2 heterocycles. The number of aryl methyl sites for hydroxylation is 2. The highest BCUT2D eigenvalue weighted by Crippen LogP contribution is 2.40. The fourth-order valence-electron chi connectivity index (χ4n) is 3.69. The van der Waals surface area contributed by atoms with Crippen molar-refractivity contribution in [1.29, 1.82) is 0 Å². The molecule has 1 atom stereocenters. The zero-order valence-electron chi connectivity index (χ0n) is 17.0. The predicted molar refractivity (Wildman–Crippen MR) is 112 cm³/mol. The number of aromatic amines is 1. The monoisotopic (exact) mass is 416 g/mol. The molecule has 2 N–H and O–H groups in total. The van der Waals surface area contributed by atoms with Gasteiger partial charge in [-0.1, -0.05) is 23.7 Å². The van der Waals surface area contributed by atoms with Crippen LogP contribution in [0.2, 0.25) is 5.02 Å². The number of nitrogens with zero attached hydrogens (tertiary/aromatic N) is 3. The average Bonchev–Trinajstić information content (AvgIpc) is 3.13. The van der Waals surface area contributed by atoms with E-state index >= 15 is 0 Å². The highest BCUT2D eigenvalue weighted by Gasteiger charge is 2.46. The maximum absolute atomic E-state index is 12.9. The molecule has 1 aliphatic heterocycles. The van der Waals surface area contributed by atoms with Crippen LogP contribution in [0.4, 0.5) is 0 Å². The first-order valence-corrected chi connectivity index (χ1v) is 9.80. The van der Waals surface area contributed by atoms with Gasteiger partial charge in [-0.05, 0) is 58.6 Å². The van der Waals surface area contributed by atoms with Crippen LogP contribution >= 0.6 is 11.6 Å². The topological polar surface area (TPSA) is 89.5 Å². The summed E-state index contributed by atoms with van der Waals surface area (Å²) in [5, 5.41) is 18.5. The van der Waals surface area contributed by atoms with Crippen molar-refractivity contribution in [1.82, 2.24) is 20.0 Å². The molecule has 29 heavy (non-hydrogen) atoms. The minimum Gasteiger partial charge on any atom is -0.507 e. The Kier molecular flexibility index (Phi) is 6.10. The molecule has 154 valence electrons. The molecular formula is C21H25ClN4O3. The molecular weight excluding hydrogens is 392 g/mol. The lowest BCUT2D eigenvalue weighted by Gasteiger charge is -2.26. The lowest BCUT2D eigenvalue weighted by Crippen LogP contribution is -2.32. The molecule has 1 aromatic heterocycles. The van der Waals surface area contributed by atoms with E-state index in [9.17, 15) is 14.7 Å². The number of benzene rings is 1. The zero-order chi connectivity index (χ0) is 21.3. The standard InChI is InChI=1S/C21H25ClN4O3/c1-12-16(13(2)24-23-12)19(27)17-18(14-6-8-15(22)9-7-14)26(21(29)20(17)28)11-5-10-25(3)4/h6-9,18,27H,5,10-11H2,1-4H3,(H,23,24)/t18-/m1/s1. The quantitative estimate of drug-likeness (QED) is 0.429. The third-order valence-electron chi connectivity index (χ3n) is 5.09. The largest absolute Gasteiger partial charge is 0.507 e. The number of hydrogen-bond acceptors (Lipinski definition) is 5. The van der Waals surface area contributed by atoms with Crippen molar-refractivity contribution in [2.24, 2.45) is 0 Å². The molecule has 1 amide bonds. The Morgan fingerprint density at radius 3 is 2.45 bits per heavy atom. The highest BCUT2D eigenvalue weighted by atomic mass is 35.5. The van der Waals surface area contributed by atoms with Crippen LogP contribution in [0, 0.1) is 13.8 Å². The van der Waals surface area contributed by atoms with E-state index < -0.39 is 17.7 Å². The number of halogens is 1. The summed E-state index contributed by atoms with van der Waals surface area (Å²) < 4.78 is 0. The maximum atomic E-state index is 12.9. The van der Waals surface area contributed by atoms with Crippen LogP contribution in [0.15, 0.2) is 29.8 Å². The van der Waals surface area contributed by atoms with Crippen molar-refractivity contribution >= 4 is 29.1 Å². The van der Waals surface area contributed by atoms with E-state index in [1.807, 2.05) is 19.0 Å². The van der Waals surface area contributed by atoms with E-state index in [0.717, 1.165) is 12.1 Å². The molecule has 1 saturated heterocycles. The summed E-state index contributed by atoms with van der Waals surface area (Å²) in [7, 11) is 3.91. The van der Waals surface area contributed by atoms with Crippen molar-refractivity contribution in [2.75, 3.05) is 27.2 Å². The maximum Gasteiger partial charge on any atom is 0.295 e. The first-order chi connectivity index (χ1) is 13.7. The summed E-state index contributed by atoms with van der Waals surface area (Å²) in [5.41, 5.74) is 2.45. The number of amides is 1. The number of aliphatic hydroxyl groups excluding tert-OH is 1. The van der Waals surface area contributed by atoms with Gasteiger partial charge in [0.1, 0.15) is 5.76 Å². The molecule has 0 bridgehead atoms. The third-order valence-corrected chi connectivity index (χ3v) is 5.35. The number of carbonyl (C=O) groups excluding carboxylic acids is 2. The van der Waals surface area contributed by atoms with Gasteiger partial charge in [0.05, 0.1) is 22.9 Å². The van der Waals surface area contributed by atoms with Crippen LogP contribution in [0.5, 0.6) is 0 Å². The number of nitrogens with one attached hydrogen (secondary N) is 1. The van der Waals surface area contributed by atoms with Gasteiger partial charge < -0.3 is 14.9 Å². The summed E-state index contributed by atoms with van der Waals surface area (Å²) in [4.78, 5) is 29.4. The van der Waals surface area contributed by atoms with Crippen LogP contribution in [0.25, 0.3) is 5.76 Å². The van der Waals surface area contributed by atoms with Gasteiger partial charge in [-0.15, -0.1) is 0 Å². The molecule has 0 saturated carbocycles. The zero-order valence-corrected chi connectivity index (χ0v) is 17.7. The number of aliphatic hydroxyl groups is 1. The number of hydrogen-bond donors (Lipinski definition) is 2. The number of likely N-dealkylation sites (tertiary alicyclic amines) is 1. The molecule has 7 nitrogen and oxygen atoms in total. The Bertz CT molecular complexity index is 943. The van der Waals surface area contributed by atoms with Crippen molar-refractivity contribution in [2.45, 2.75) is 26.3 Å². The average molecular weight is 417 g/mol. The molecule has 1 aliphatic rings. The van der Waals surface area contributed by atoms with Crippen LogP contribution in [0.1, 0.15) is 35.0 Å². The Labute approximate surface area is 175 Å². The van der Waals surface area contributed by atoms with Crippen molar-refractivity contribution in [3.05, 3.63) is 57.4 Å². The summed E-state index contributed by atoms with van der Waals surface area (Å²) in [6.45, 7) is 4.68. The number of Topliss-reactive ketones (excluding diaryl/α,β-unsaturated/α-hetero) is 1. The van der Waals surface area contributed by atoms with Crippen LogP contribution in [-0.2, 0) is 9.59 Å². The molecule has 0 spiro atoms. The minimum absolute atomic E-state index is 0.0785. The molecule has 0 aliphatic carbocycles. The van der Waals surface area contributed by atoms with E-state index in [0.29, 0.717) is 34.9 Å². The lowest BCUT2D eigenvalue weighted by atomic mass is 9.94. The second-order valence-electron chi connectivity index (χ2n) is 7.51. The fraction of sp³-hybridized carbons (Fsp3) is 0.381. The molecule has 3 rings (SSSR count). The minimum atomic E-state index is -0.688. The van der Waals surface area contributed by atoms with E-state index in [2.05, 4.69) is 10.2 Å². The van der Waals surface area contributed by atoms with E-state index in [1.54, 1.807) is 38.1 Å². The summed E-state index contributed by atoms with van der Waals surface area (Å²) >= 11 is 6.03. The third kappa shape index (κ3) is 4.06. The number of carbonyl (C=O) groups is 2. The summed E-state index contributed by atoms with van der Waals surface area (Å²) in [5.74, 6) is -1.50. The van der Waals surface area contributed by atoms with E-state index in [1.165, 1.54) is 4.90 Å². The number of ketones is 1. The Balaban J connectivity index is 2.12. The Morgan fingerprint density at radius 1 is 1.24 bits per heavy atom. The highest BCUT2D eigenvalue weighted by molar-refractivity contribution is 6.46. The summed E-state index contributed by atoms with van der Waals surface area (Å²) in [6, 6.07) is 6.31. The van der Waals surface area contributed by atoms with Gasteiger partial charge in [0.2, 0.25) is 0 Å². The van der Waals surface area contributed by atoms with Crippen molar-refractivity contribution < 1.29 is 14.7 Å². The van der Waals surface area contributed by atoms with Gasteiger partial charge >= 0.3 is 0 Å². The smallest absolute Gasteiger partial charge is 0.295 e. The molecule has 1 fully saturated rings. The van der Waals surface area contributed by atoms with E-state index in [4.69, 9.17) is 11.6 Å². The number of H-pyrrole nitrogens is 1. The predicted octanol–water partition coefficient (Wildman–Crippen LogP) is 3.05. The molecule has 1 aromatic carbocycles. The fourth-order valence-corrected chi connectivity index (χ4v) is 3.82. The van der Waals surface area contributed by atoms with Gasteiger partial charge in [0, 0.05) is 17.3 Å². The lowest BCUT2D eigenvalue weighted by molar-refractivity contribution is -0.139. The second-order valence-corrected chi connectivity index (χ2v) is 7.95. The van der Waals surface area contributed by atoms with Gasteiger partial charge in [-0.2, -0.15) is 5.10 Å². The Morgan fingerprint density at radius 2 is 1.90 bits per heavy atom.